The smallest absolute Gasteiger partial charge is 0.237 e. The Morgan fingerprint density at radius 2 is 1.66 bits per heavy atom. The van der Waals surface area contributed by atoms with Crippen LogP contribution >= 0.6 is 11.8 Å². The summed E-state index contributed by atoms with van der Waals surface area (Å²) in [4.78, 5) is 12.9. The molecule has 0 aliphatic rings. The summed E-state index contributed by atoms with van der Waals surface area (Å²) < 4.78 is 13.6. The average molecular weight is 489 g/mol. The molecule has 1 heterocycles. The first-order chi connectivity index (χ1) is 17.0. The average Bonchev–Trinajstić information content (AvgIpc) is 3.28. The fourth-order valence-corrected chi connectivity index (χ4v) is 4.45. The van der Waals surface area contributed by atoms with Crippen LogP contribution in [-0.4, -0.2) is 33.0 Å². The van der Waals surface area contributed by atoms with Crippen molar-refractivity contribution in [3.63, 3.8) is 0 Å². The molecule has 0 bridgehead atoms. The molecule has 4 rings (SSSR count). The Labute approximate surface area is 209 Å². The molecule has 1 N–H and O–H groups in total. The van der Waals surface area contributed by atoms with E-state index in [-0.39, 0.29) is 5.91 Å². The number of carbonyl (C=O) groups excluding carboxylic acids is 1. The minimum absolute atomic E-state index is 0.108. The van der Waals surface area contributed by atoms with Crippen molar-refractivity contribution in [1.29, 1.82) is 0 Å². The maximum absolute atomic E-state index is 12.9. The second-order valence-corrected chi connectivity index (χ2v) is 9.35. The zero-order valence-electron chi connectivity index (χ0n) is 20.1. The van der Waals surface area contributed by atoms with Gasteiger partial charge in [-0.1, -0.05) is 54.2 Å². The van der Waals surface area contributed by atoms with Crippen LogP contribution in [0.3, 0.4) is 0 Å². The fourth-order valence-electron chi connectivity index (χ4n) is 3.58. The predicted molar refractivity (Wildman–Crippen MR) is 139 cm³/mol. The van der Waals surface area contributed by atoms with Crippen molar-refractivity contribution in [2.45, 2.75) is 37.3 Å². The number of methoxy groups -OCH3 is 1. The first kappa shape index (κ1) is 24.3. The van der Waals surface area contributed by atoms with E-state index >= 15 is 0 Å². The maximum atomic E-state index is 12.9. The van der Waals surface area contributed by atoms with Gasteiger partial charge in [0.2, 0.25) is 5.91 Å². The number of aromatic nitrogens is 3. The standard InChI is InChI=1S/C27H28N4O3S/c1-18-11-10-12-21(17-18)28-26(32)20(3)35-27-30-29-25(31(27)22-13-6-5-7-14-22)19(2)34-24-16-9-8-15-23(24)33-4/h5-17,19-20H,1-4H3,(H,28,32). The summed E-state index contributed by atoms with van der Waals surface area (Å²) in [6, 6.07) is 25.0. The van der Waals surface area contributed by atoms with Crippen molar-refractivity contribution in [3.8, 4) is 17.2 Å². The Balaban J connectivity index is 1.59. The van der Waals surface area contributed by atoms with Gasteiger partial charge in [-0.3, -0.25) is 9.36 Å². The molecule has 0 aliphatic heterocycles. The van der Waals surface area contributed by atoms with E-state index in [1.165, 1.54) is 11.8 Å². The van der Waals surface area contributed by atoms with E-state index in [2.05, 4.69) is 15.5 Å². The molecule has 2 atom stereocenters. The summed E-state index contributed by atoms with van der Waals surface area (Å²) in [5.74, 6) is 1.77. The molecule has 1 amide bonds. The molecule has 35 heavy (non-hydrogen) atoms. The van der Waals surface area contributed by atoms with E-state index in [1.807, 2.05) is 104 Å². The Morgan fingerprint density at radius 1 is 0.943 bits per heavy atom. The Kier molecular flexibility index (Phi) is 7.72. The summed E-state index contributed by atoms with van der Waals surface area (Å²) in [5.41, 5.74) is 2.74. The van der Waals surface area contributed by atoms with Gasteiger partial charge in [0.25, 0.3) is 0 Å². The second kappa shape index (κ2) is 11.1. The molecule has 180 valence electrons. The van der Waals surface area contributed by atoms with Crippen LogP contribution in [0.5, 0.6) is 11.5 Å². The molecule has 1 aromatic heterocycles. The highest BCUT2D eigenvalue weighted by atomic mass is 32.2. The van der Waals surface area contributed by atoms with Gasteiger partial charge >= 0.3 is 0 Å². The molecule has 8 heteroatoms. The number of carbonyl (C=O) groups is 1. The van der Waals surface area contributed by atoms with Crippen LogP contribution in [0.1, 0.15) is 31.3 Å². The second-order valence-electron chi connectivity index (χ2n) is 8.04. The zero-order chi connectivity index (χ0) is 24.8. The first-order valence-corrected chi connectivity index (χ1v) is 12.2. The minimum atomic E-state index is -0.426. The number of amides is 1. The van der Waals surface area contributed by atoms with Gasteiger partial charge in [0, 0.05) is 11.4 Å². The molecule has 7 nitrogen and oxygen atoms in total. The van der Waals surface area contributed by atoms with Crippen molar-refractivity contribution in [1.82, 2.24) is 14.8 Å². The number of benzene rings is 3. The van der Waals surface area contributed by atoms with Gasteiger partial charge < -0.3 is 14.8 Å². The van der Waals surface area contributed by atoms with Crippen LogP contribution in [0.4, 0.5) is 5.69 Å². The highest BCUT2D eigenvalue weighted by Crippen LogP contribution is 2.33. The molecule has 0 aliphatic carbocycles. The maximum Gasteiger partial charge on any atom is 0.237 e. The largest absolute Gasteiger partial charge is 0.493 e. The topological polar surface area (TPSA) is 78.3 Å². The first-order valence-electron chi connectivity index (χ1n) is 11.3. The van der Waals surface area contributed by atoms with E-state index < -0.39 is 11.4 Å². The Bertz CT molecular complexity index is 1290. The lowest BCUT2D eigenvalue weighted by atomic mass is 10.2. The lowest BCUT2D eigenvalue weighted by molar-refractivity contribution is -0.115. The van der Waals surface area contributed by atoms with E-state index in [0.29, 0.717) is 22.5 Å². The number of ether oxygens (including phenoxy) is 2. The van der Waals surface area contributed by atoms with E-state index in [9.17, 15) is 4.79 Å². The highest BCUT2D eigenvalue weighted by molar-refractivity contribution is 8.00. The summed E-state index contributed by atoms with van der Waals surface area (Å²) in [7, 11) is 1.61. The molecule has 0 saturated carbocycles. The third kappa shape index (κ3) is 5.84. The van der Waals surface area contributed by atoms with Crippen molar-refractivity contribution >= 4 is 23.4 Å². The number of thioether (sulfide) groups is 1. The van der Waals surface area contributed by atoms with E-state index in [4.69, 9.17) is 9.47 Å². The number of nitrogens with zero attached hydrogens (tertiary/aromatic N) is 3. The predicted octanol–water partition coefficient (Wildman–Crippen LogP) is 5.84. The van der Waals surface area contributed by atoms with E-state index in [1.54, 1.807) is 7.11 Å². The quantitative estimate of drug-likeness (QED) is 0.298. The number of hydrogen-bond donors (Lipinski definition) is 1. The lowest BCUT2D eigenvalue weighted by Gasteiger charge is -2.18. The molecule has 3 aromatic carbocycles. The van der Waals surface area contributed by atoms with Gasteiger partial charge in [0.05, 0.1) is 12.4 Å². The van der Waals surface area contributed by atoms with Crippen LogP contribution in [0.15, 0.2) is 84.0 Å². The van der Waals surface area contributed by atoms with Gasteiger partial charge in [-0.05, 0) is 62.7 Å². The van der Waals surface area contributed by atoms with Gasteiger partial charge in [-0.15, -0.1) is 10.2 Å². The zero-order valence-corrected chi connectivity index (χ0v) is 21.0. The normalized spacial score (nSPS) is 12.6. The third-order valence-electron chi connectivity index (χ3n) is 5.35. The molecular formula is C27H28N4O3S. The van der Waals surface area contributed by atoms with Gasteiger partial charge in [-0.2, -0.15) is 0 Å². The molecule has 0 fully saturated rings. The molecule has 0 spiro atoms. The number of rotatable bonds is 9. The monoisotopic (exact) mass is 488 g/mol. The van der Waals surface area contributed by atoms with Crippen molar-refractivity contribution in [3.05, 3.63) is 90.3 Å². The Morgan fingerprint density at radius 3 is 2.37 bits per heavy atom. The van der Waals surface area contributed by atoms with Gasteiger partial charge in [0.1, 0.15) is 0 Å². The summed E-state index contributed by atoms with van der Waals surface area (Å²) in [6.07, 6.45) is -0.426. The van der Waals surface area contributed by atoms with Crippen LogP contribution in [0.2, 0.25) is 0 Å². The molecule has 2 unspecified atom stereocenters. The summed E-state index contributed by atoms with van der Waals surface area (Å²) in [5, 5.41) is 12.1. The van der Waals surface area contributed by atoms with Crippen molar-refractivity contribution in [2.75, 3.05) is 12.4 Å². The third-order valence-corrected chi connectivity index (χ3v) is 6.39. The van der Waals surface area contributed by atoms with Crippen molar-refractivity contribution in [2.24, 2.45) is 0 Å². The number of hydrogen-bond acceptors (Lipinski definition) is 6. The number of aryl methyl sites for hydroxylation is 1. The van der Waals surface area contributed by atoms with Crippen LogP contribution in [0.25, 0.3) is 5.69 Å². The number of anilines is 1. The van der Waals surface area contributed by atoms with Gasteiger partial charge in [-0.25, -0.2) is 0 Å². The van der Waals surface area contributed by atoms with Crippen molar-refractivity contribution < 1.29 is 14.3 Å². The highest BCUT2D eigenvalue weighted by Gasteiger charge is 2.25. The summed E-state index contributed by atoms with van der Waals surface area (Å²) >= 11 is 1.35. The lowest BCUT2D eigenvalue weighted by Crippen LogP contribution is -2.23. The van der Waals surface area contributed by atoms with E-state index in [0.717, 1.165) is 16.9 Å². The number of para-hydroxylation sites is 3. The molecule has 0 saturated heterocycles. The van der Waals surface area contributed by atoms with Gasteiger partial charge in [0.15, 0.2) is 28.6 Å². The van der Waals surface area contributed by atoms with Crippen LogP contribution in [-0.2, 0) is 4.79 Å². The van der Waals surface area contributed by atoms with Crippen LogP contribution < -0.4 is 14.8 Å². The van der Waals surface area contributed by atoms with Crippen LogP contribution in [0, 0.1) is 6.92 Å². The SMILES string of the molecule is COc1ccccc1OC(C)c1nnc(SC(C)C(=O)Nc2cccc(C)c2)n1-c1ccccc1. The summed E-state index contributed by atoms with van der Waals surface area (Å²) in [6.45, 7) is 5.76. The number of nitrogens with one attached hydrogen (secondary N) is 1. The molecule has 0 radical (unpaired) electrons. The molecule has 4 aromatic rings. The molecular weight excluding hydrogens is 460 g/mol. The Hall–Kier alpha value is -3.78. The minimum Gasteiger partial charge on any atom is -0.493 e. The fraction of sp³-hybridized carbons (Fsp3) is 0.222.